The molecule has 0 unspecified atom stereocenters. The van der Waals surface area contributed by atoms with E-state index in [1.54, 1.807) is 17.6 Å². The number of hydrogen-bond acceptors (Lipinski definition) is 4. The molecule has 0 saturated heterocycles. The molecule has 0 aromatic carbocycles. The van der Waals surface area contributed by atoms with Crippen LogP contribution in [0.4, 0.5) is 0 Å². The van der Waals surface area contributed by atoms with E-state index >= 15 is 0 Å². The van der Waals surface area contributed by atoms with Gasteiger partial charge in [0.15, 0.2) is 0 Å². The van der Waals surface area contributed by atoms with Crippen molar-refractivity contribution in [3.8, 4) is 5.75 Å². The molecule has 2 N–H and O–H groups in total. The van der Waals surface area contributed by atoms with Gasteiger partial charge in [-0.05, 0) is 25.3 Å². The van der Waals surface area contributed by atoms with Gasteiger partial charge in [0.05, 0.1) is 17.2 Å². The second-order valence-electron chi connectivity index (χ2n) is 2.59. The van der Waals surface area contributed by atoms with Crippen molar-refractivity contribution in [3.63, 3.8) is 0 Å². The minimum absolute atomic E-state index is 0.185. The van der Waals surface area contributed by atoms with Crippen LogP contribution in [0.1, 0.15) is 18.7 Å². The summed E-state index contributed by atoms with van der Waals surface area (Å²) in [6.45, 7) is 3.97. The maximum atomic E-state index is 5.50. The first-order valence-electron chi connectivity index (χ1n) is 3.71. The molecule has 4 heteroatoms. The van der Waals surface area contributed by atoms with Gasteiger partial charge in [0, 0.05) is 0 Å². The Bertz CT molecular complexity index is 268. The third kappa shape index (κ3) is 2.23. The molecular weight excluding hydrogens is 172 g/mol. The monoisotopic (exact) mass is 184 g/mol. The van der Waals surface area contributed by atoms with Gasteiger partial charge >= 0.3 is 0 Å². The van der Waals surface area contributed by atoms with Crippen molar-refractivity contribution in [2.75, 3.05) is 0 Å². The Morgan fingerprint density at radius 2 is 2.42 bits per heavy atom. The molecule has 0 amide bonds. The van der Waals surface area contributed by atoms with E-state index in [9.17, 15) is 0 Å². The highest BCUT2D eigenvalue weighted by Crippen LogP contribution is 2.23. The largest absolute Gasteiger partial charge is 0.489 e. The van der Waals surface area contributed by atoms with Gasteiger partial charge in [-0.1, -0.05) is 0 Å². The van der Waals surface area contributed by atoms with E-state index in [4.69, 9.17) is 10.6 Å². The fourth-order valence-corrected chi connectivity index (χ4v) is 1.51. The molecule has 0 aliphatic carbocycles. The minimum atomic E-state index is 0.185. The maximum absolute atomic E-state index is 5.50. The maximum Gasteiger partial charge on any atom is 0.139 e. The Kier molecular flexibility index (Phi) is 3.10. The summed E-state index contributed by atoms with van der Waals surface area (Å²) in [6, 6.07) is 1.92. The number of hydrogen-bond donors (Lipinski definition) is 1. The zero-order chi connectivity index (χ0) is 8.97. The molecule has 0 spiro atoms. The lowest BCUT2D eigenvalue weighted by atomic mass is 10.4. The van der Waals surface area contributed by atoms with E-state index < -0.39 is 0 Å². The SMILES string of the molecule is CC(C)Oc1ccsc1C=NN. The van der Waals surface area contributed by atoms with Gasteiger partial charge < -0.3 is 10.6 Å². The number of hydrazone groups is 1. The first kappa shape index (κ1) is 9.06. The molecule has 66 valence electrons. The third-order valence-electron chi connectivity index (χ3n) is 1.21. The van der Waals surface area contributed by atoms with Crippen LogP contribution >= 0.6 is 11.3 Å². The number of rotatable bonds is 3. The number of nitrogens with two attached hydrogens (primary N) is 1. The lowest BCUT2D eigenvalue weighted by Gasteiger charge is -2.07. The molecule has 1 heterocycles. The Labute approximate surface area is 75.9 Å². The predicted octanol–water partition coefficient (Wildman–Crippen LogP) is 1.83. The molecule has 12 heavy (non-hydrogen) atoms. The summed E-state index contributed by atoms with van der Waals surface area (Å²) in [5.41, 5.74) is 0. The average Bonchev–Trinajstić information content (AvgIpc) is 2.37. The van der Waals surface area contributed by atoms with Crippen LogP contribution in [0.2, 0.25) is 0 Å². The Morgan fingerprint density at radius 3 is 3.00 bits per heavy atom. The highest BCUT2D eigenvalue weighted by Gasteiger charge is 2.04. The molecule has 0 saturated carbocycles. The number of nitrogens with zero attached hydrogens (tertiary/aromatic N) is 1. The van der Waals surface area contributed by atoms with E-state index in [0.29, 0.717) is 0 Å². The first-order valence-corrected chi connectivity index (χ1v) is 4.59. The molecule has 0 aliphatic rings. The van der Waals surface area contributed by atoms with Crippen molar-refractivity contribution < 1.29 is 4.74 Å². The molecule has 3 nitrogen and oxygen atoms in total. The van der Waals surface area contributed by atoms with Gasteiger partial charge in [-0.3, -0.25) is 0 Å². The molecule has 0 aliphatic heterocycles. The van der Waals surface area contributed by atoms with Crippen LogP contribution in [0.15, 0.2) is 16.5 Å². The Balaban J connectivity index is 2.77. The van der Waals surface area contributed by atoms with Crippen molar-refractivity contribution in [3.05, 3.63) is 16.3 Å². The number of ether oxygens (including phenoxy) is 1. The third-order valence-corrected chi connectivity index (χ3v) is 2.04. The zero-order valence-corrected chi connectivity index (χ0v) is 7.97. The van der Waals surface area contributed by atoms with Crippen LogP contribution in [0.5, 0.6) is 5.75 Å². The van der Waals surface area contributed by atoms with E-state index in [-0.39, 0.29) is 6.10 Å². The van der Waals surface area contributed by atoms with Gasteiger partial charge in [-0.2, -0.15) is 5.10 Å². The van der Waals surface area contributed by atoms with Crippen molar-refractivity contribution in [1.29, 1.82) is 0 Å². The Hall–Kier alpha value is -1.03. The fraction of sp³-hybridized carbons (Fsp3) is 0.375. The molecule has 0 atom stereocenters. The van der Waals surface area contributed by atoms with Gasteiger partial charge in [0.25, 0.3) is 0 Å². The molecule has 1 aromatic rings. The molecule has 1 aromatic heterocycles. The van der Waals surface area contributed by atoms with Crippen LogP contribution in [-0.4, -0.2) is 12.3 Å². The van der Waals surface area contributed by atoms with Crippen LogP contribution < -0.4 is 10.6 Å². The average molecular weight is 184 g/mol. The summed E-state index contributed by atoms with van der Waals surface area (Å²) in [6.07, 6.45) is 1.78. The first-order chi connectivity index (χ1) is 5.74. The second-order valence-corrected chi connectivity index (χ2v) is 3.54. The second kappa shape index (κ2) is 4.11. The van der Waals surface area contributed by atoms with Gasteiger partial charge in [0.1, 0.15) is 5.75 Å². The fourth-order valence-electron chi connectivity index (χ4n) is 0.822. The van der Waals surface area contributed by atoms with E-state index in [2.05, 4.69) is 5.10 Å². The topological polar surface area (TPSA) is 47.6 Å². The summed E-state index contributed by atoms with van der Waals surface area (Å²) < 4.78 is 5.50. The van der Waals surface area contributed by atoms with E-state index in [1.165, 1.54) is 0 Å². The molecule has 0 radical (unpaired) electrons. The van der Waals surface area contributed by atoms with Crippen molar-refractivity contribution in [2.24, 2.45) is 10.9 Å². The van der Waals surface area contributed by atoms with Crippen LogP contribution in [0.3, 0.4) is 0 Å². The molecule has 0 bridgehead atoms. The summed E-state index contributed by atoms with van der Waals surface area (Å²) in [7, 11) is 0. The normalized spacial score (nSPS) is 11.2. The van der Waals surface area contributed by atoms with Crippen molar-refractivity contribution in [2.45, 2.75) is 20.0 Å². The summed E-state index contributed by atoms with van der Waals surface area (Å²) in [5, 5.41) is 5.40. The summed E-state index contributed by atoms with van der Waals surface area (Å²) in [4.78, 5) is 0.964. The molecular formula is C8H12N2OS. The van der Waals surface area contributed by atoms with Crippen LogP contribution in [0, 0.1) is 0 Å². The predicted molar refractivity (Wildman–Crippen MR) is 51.9 cm³/mol. The van der Waals surface area contributed by atoms with Crippen molar-refractivity contribution >= 4 is 17.6 Å². The van der Waals surface area contributed by atoms with E-state index in [0.717, 1.165) is 10.6 Å². The summed E-state index contributed by atoms with van der Waals surface area (Å²) in [5.74, 6) is 5.89. The minimum Gasteiger partial charge on any atom is -0.489 e. The smallest absolute Gasteiger partial charge is 0.139 e. The lowest BCUT2D eigenvalue weighted by molar-refractivity contribution is 0.243. The number of thiophene rings is 1. The van der Waals surface area contributed by atoms with Crippen molar-refractivity contribution in [1.82, 2.24) is 0 Å². The highest BCUT2D eigenvalue weighted by molar-refractivity contribution is 7.12. The van der Waals surface area contributed by atoms with Crippen LogP contribution in [0.25, 0.3) is 0 Å². The lowest BCUT2D eigenvalue weighted by Crippen LogP contribution is -2.05. The molecule has 1 rings (SSSR count). The van der Waals surface area contributed by atoms with E-state index in [1.807, 2.05) is 25.3 Å². The van der Waals surface area contributed by atoms with Gasteiger partial charge in [0.2, 0.25) is 0 Å². The highest BCUT2D eigenvalue weighted by atomic mass is 32.1. The molecule has 0 fully saturated rings. The quantitative estimate of drug-likeness (QED) is 0.442. The standard InChI is InChI=1S/C8H12N2OS/c1-6(2)11-7-3-4-12-8(7)5-10-9/h3-6H,9H2,1-2H3. The van der Waals surface area contributed by atoms with Gasteiger partial charge in [-0.15, -0.1) is 11.3 Å². The zero-order valence-electron chi connectivity index (χ0n) is 7.15. The van der Waals surface area contributed by atoms with Gasteiger partial charge in [-0.25, -0.2) is 0 Å². The Morgan fingerprint density at radius 1 is 1.67 bits per heavy atom. The van der Waals surface area contributed by atoms with Crippen LogP contribution in [-0.2, 0) is 0 Å². The summed E-state index contributed by atoms with van der Waals surface area (Å²) >= 11 is 1.56.